The van der Waals surface area contributed by atoms with E-state index in [1.54, 1.807) is 11.3 Å². The third-order valence-corrected chi connectivity index (χ3v) is 5.42. The number of rotatable bonds is 6. The van der Waals surface area contributed by atoms with Gasteiger partial charge in [-0.1, -0.05) is 25.2 Å². The Labute approximate surface area is 121 Å². The van der Waals surface area contributed by atoms with Gasteiger partial charge in [-0.05, 0) is 25.7 Å². The summed E-state index contributed by atoms with van der Waals surface area (Å²) in [6, 6.07) is 0. The van der Waals surface area contributed by atoms with Gasteiger partial charge in [-0.3, -0.25) is 0 Å². The molecule has 0 atom stereocenters. The average molecular weight is 294 g/mol. The van der Waals surface area contributed by atoms with Gasteiger partial charge in [0.1, 0.15) is 0 Å². The van der Waals surface area contributed by atoms with Crippen LogP contribution >= 0.6 is 22.7 Å². The van der Waals surface area contributed by atoms with Crippen molar-refractivity contribution in [1.82, 2.24) is 15.2 Å². The van der Waals surface area contributed by atoms with Crippen LogP contribution in [0.25, 0.3) is 9.88 Å². The lowest BCUT2D eigenvalue weighted by molar-refractivity contribution is 0.963. The van der Waals surface area contributed by atoms with Crippen LogP contribution in [0.3, 0.4) is 0 Å². The summed E-state index contributed by atoms with van der Waals surface area (Å²) >= 11 is 3.45. The minimum Gasteiger partial charge on any atom is -0.360 e. The molecule has 1 aliphatic carbocycles. The van der Waals surface area contributed by atoms with Crippen molar-refractivity contribution in [2.24, 2.45) is 0 Å². The quantitative estimate of drug-likeness (QED) is 0.877. The molecule has 0 amide bonds. The maximum Gasteiger partial charge on any atom is 0.206 e. The Morgan fingerprint density at radius 2 is 2.05 bits per heavy atom. The van der Waals surface area contributed by atoms with Crippen LogP contribution in [-0.2, 0) is 6.42 Å². The van der Waals surface area contributed by atoms with Gasteiger partial charge < -0.3 is 5.32 Å². The zero-order valence-corrected chi connectivity index (χ0v) is 12.9. The van der Waals surface area contributed by atoms with Gasteiger partial charge in [0.05, 0.1) is 15.6 Å². The molecule has 2 aromatic rings. The van der Waals surface area contributed by atoms with Gasteiger partial charge >= 0.3 is 0 Å². The smallest absolute Gasteiger partial charge is 0.206 e. The summed E-state index contributed by atoms with van der Waals surface area (Å²) in [6.07, 6.45) is 4.67. The lowest BCUT2D eigenvalue weighted by Crippen LogP contribution is -1.98. The van der Waals surface area contributed by atoms with E-state index in [0.29, 0.717) is 0 Å². The molecule has 102 valence electrons. The number of nitrogens with zero attached hydrogens (tertiary/aromatic N) is 3. The third-order valence-electron chi connectivity index (χ3n) is 3.12. The second kappa shape index (κ2) is 5.54. The van der Waals surface area contributed by atoms with Crippen molar-refractivity contribution in [1.29, 1.82) is 0 Å². The summed E-state index contributed by atoms with van der Waals surface area (Å²) in [4.78, 5) is 6.00. The fourth-order valence-electron chi connectivity index (χ4n) is 1.90. The highest BCUT2D eigenvalue weighted by Gasteiger charge is 2.29. The summed E-state index contributed by atoms with van der Waals surface area (Å²) < 4.78 is 0. The number of anilines is 1. The standard InChI is InChI=1S/C13H18N4S2/c1-3-7-14-13-17-16-12(19-13)10-9(4-2)15-11(18-10)8-5-6-8/h8H,3-7H2,1-2H3,(H,14,17). The monoisotopic (exact) mass is 294 g/mol. The predicted molar refractivity (Wildman–Crippen MR) is 81.2 cm³/mol. The summed E-state index contributed by atoms with van der Waals surface area (Å²) in [6.45, 7) is 5.26. The molecule has 1 aliphatic rings. The molecule has 1 fully saturated rings. The van der Waals surface area contributed by atoms with Crippen molar-refractivity contribution in [2.75, 3.05) is 11.9 Å². The van der Waals surface area contributed by atoms with Gasteiger partial charge in [0.2, 0.25) is 5.13 Å². The Morgan fingerprint density at radius 1 is 1.21 bits per heavy atom. The number of aromatic nitrogens is 3. The van der Waals surface area contributed by atoms with Gasteiger partial charge in [0, 0.05) is 12.5 Å². The molecule has 2 aromatic heterocycles. The average Bonchev–Trinajstić information content (AvgIpc) is 3.03. The Kier molecular flexibility index (Phi) is 3.79. The first-order chi connectivity index (χ1) is 9.31. The predicted octanol–water partition coefficient (Wildman–Crippen LogP) is 3.92. The second-order valence-corrected chi connectivity index (χ2v) is 6.80. The summed E-state index contributed by atoms with van der Waals surface area (Å²) in [5, 5.41) is 15.0. The van der Waals surface area contributed by atoms with Crippen LogP contribution in [0, 0.1) is 0 Å². The van der Waals surface area contributed by atoms with Gasteiger partial charge in [-0.25, -0.2) is 4.98 Å². The molecule has 6 heteroatoms. The molecule has 0 spiro atoms. The maximum atomic E-state index is 4.78. The lowest BCUT2D eigenvalue weighted by Gasteiger charge is -1.95. The van der Waals surface area contributed by atoms with E-state index in [1.165, 1.54) is 28.4 Å². The highest BCUT2D eigenvalue weighted by Crippen LogP contribution is 2.45. The fraction of sp³-hybridized carbons (Fsp3) is 0.615. The lowest BCUT2D eigenvalue weighted by atomic mass is 10.3. The van der Waals surface area contributed by atoms with E-state index < -0.39 is 0 Å². The fourth-order valence-corrected chi connectivity index (χ4v) is 4.08. The van der Waals surface area contributed by atoms with Crippen LogP contribution in [-0.4, -0.2) is 21.7 Å². The number of thiazole rings is 1. The molecule has 0 bridgehead atoms. The van der Waals surface area contributed by atoms with Gasteiger partial charge in [0.25, 0.3) is 0 Å². The number of hydrogen-bond donors (Lipinski definition) is 1. The molecular formula is C13H18N4S2. The highest BCUT2D eigenvalue weighted by atomic mass is 32.1. The van der Waals surface area contributed by atoms with Crippen LogP contribution in [0.1, 0.15) is 49.7 Å². The molecule has 1 N–H and O–H groups in total. The van der Waals surface area contributed by atoms with Crippen LogP contribution in [0.4, 0.5) is 5.13 Å². The molecule has 19 heavy (non-hydrogen) atoms. The molecule has 0 saturated heterocycles. The molecule has 2 heterocycles. The molecule has 3 rings (SSSR count). The van der Waals surface area contributed by atoms with Gasteiger partial charge in [-0.2, -0.15) is 0 Å². The Bertz CT molecular complexity index is 557. The highest BCUT2D eigenvalue weighted by molar-refractivity contribution is 7.23. The van der Waals surface area contributed by atoms with E-state index >= 15 is 0 Å². The first kappa shape index (κ1) is 13.0. The number of hydrogen-bond acceptors (Lipinski definition) is 6. The Balaban J connectivity index is 1.85. The normalized spacial score (nSPS) is 14.8. The van der Waals surface area contributed by atoms with E-state index in [-0.39, 0.29) is 0 Å². The number of nitrogens with one attached hydrogen (secondary N) is 1. The zero-order valence-electron chi connectivity index (χ0n) is 11.3. The Hall–Kier alpha value is -1.01. The second-order valence-electron chi connectivity index (χ2n) is 4.79. The molecule has 0 aromatic carbocycles. The van der Waals surface area contributed by atoms with Gasteiger partial charge in [0.15, 0.2) is 5.01 Å². The minimum absolute atomic E-state index is 0.717. The largest absolute Gasteiger partial charge is 0.360 e. The van der Waals surface area contributed by atoms with Crippen molar-refractivity contribution in [3.05, 3.63) is 10.7 Å². The summed E-state index contributed by atoms with van der Waals surface area (Å²) in [7, 11) is 0. The van der Waals surface area contributed by atoms with Crippen LogP contribution in [0.15, 0.2) is 0 Å². The molecule has 1 saturated carbocycles. The molecule has 0 unspecified atom stereocenters. The van der Waals surface area contributed by atoms with Crippen molar-refractivity contribution in [2.45, 2.75) is 45.4 Å². The van der Waals surface area contributed by atoms with E-state index in [9.17, 15) is 0 Å². The van der Waals surface area contributed by atoms with Crippen molar-refractivity contribution < 1.29 is 0 Å². The number of aryl methyl sites for hydroxylation is 1. The van der Waals surface area contributed by atoms with E-state index in [4.69, 9.17) is 4.98 Å². The van der Waals surface area contributed by atoms with Crippen molar-refractivity contribution >= 4 is 27.8 Å². The van der Waals surface area contributed by atoms with Crippen LogP contribution in [0.5, 0.6) is 0 Å². The first-order valence-corrected chi connectivity index (χ1v) is 8.52. The third kappa shape index (κ3) is 2.79. The molecule has 0 aliphatic heterocycles. The van der Waals surface area contributed by atoms with Crippen molar-refractivity contribution in [3.8, 4) is 9.88 Å². The van der Waals surface area contributed by atoms with Crippen molar-refractivity contribution in [3.63, 3.8) is 0 Å². The topological polar surface area (TPSA) is 50.7 Å². The van der Waals surface area contributed by atoms with Gasteiger partial charge in [-0.15, -0.1) is 21.5 Å². The summed E-state index contributed by atoms with van der Waals surface area (Å²) in [5.74, 6) is 0.717. The SMILES string of the molecule is CCCNc1nnc(-c2sc(C3CC3)nc2CC)s1. The van der Waals surface area contributed by atoms with Crippen LogP contribution < -0.4 is 5.32 Å². The molecular weight excluding hydrogens is 276 g/mol. The van der Waals surface area contributed by atoms with E-state index in [2.05, 4.69) is 29.4 Å². The minimum atomic E-state index is 0.717. The maximum absolute atomic E-state index is 4.78. The molecule has 0 radical (unpaired) electrons. The zero-order chi connectivity index (χ0) is 13.2. The van der Waals surface area contributed by atoms with E-state index in [1.807, 2.05) is 11.3 Å². The van der Waals surface area contributed by atoms with Crippen LogP contribution in [0.2, 0.25) is 0 Å². The molecule has 4 nitrogen and oxygen atoms in total. The first-order valence-electron chi connectivity index (χ1n) is 6.89. The Morgan fingerprint density at radius 3 is 2.74 bits per heavy atom. The van der Waals surface area contributed by atoms with E-state index in [0.717, 1.165) is 35.4 Å². The summed E-state index contributed by atoms with van der Waals surface area (Å²) in [5.41, 5.74) is 1.19.